The molecule has 0 radical (unpaired) electrons. The minimum atomic E-state index is -2.13. The van der Waals surface area contributed by atoms with E-state index in [-0.39, 0.29) is 10.7 Å². The lowest BCUT2D eigenvalue weighted by Gasteiger charge is -2.36. The lowest BCUT2D eigenvalue weighted by Crippen LogP contribution is -2.44. The number of non-ortho nitro benzene ring substituents is 1. The van der Waals surface area contributed by atoms with Gasteiger partial charge in [0.05, 0.1) is 16.6 Å². The molecule has 0 unspecified atom stereocenters. The molecule has 0 saturated heterocycles. The summed E-state index contributed by atoms with van der Waals surface area (Å²) in [4.78, 5) is 21.3. The predicted octanol–water partition coefficient (Wildman–Crippen LogP) is 3.79. The first-order chi connectivity index (χ1) is 8.58. The van der Waals surface area contributed by atoms with Crippen LogP contribution in [0.15, 0.2) is 18.2 Å². The molecule has 0 N–H and O–H groups in total. The Hall–Kier alpha value is -1.69. The number of carbonyl (C=O) groups excluding carboxylic acids is 1. The number of nitro benzene ring substituents is 1. The molecule has 0 fully saturated rings. The van der Waals surface area contributed by atoms with Crippen LogP contribution in [0.5, 0.6) is 5.75 Å². The van der Waals surface area contributed by atoms with Gasteiger partial charge in [-0.3, -0.25) is 14.9 Å². The van der Waals surface area contributed by atoms with Gasteiger partial charge in [-0.1, -0.05) is 20.8 Å². The summed E-state index contributed by atoms with van der Waals surface area (Å²) in [6, 6.07) is 4.06. The molecule has 0 atom stereocenters. The van der Waals surface area contributed by atoms with E-state index in [4.69, 9.17) is 4.43 Å². The van der Waals surface area contributed by atoms with E-state index in [0.29, 0.717) is 17.6 Å². The Bertz CT molecular complexity index is 506. The first-order valence-corrected chi connectivity index (χ1v) is 8.92. The van der Waals surface area contributed by atoms with E-state index in [9.17, 15) is 14.9 Å². The normalized spacial score (nSPS) is 12.1. The highest BCUT2D eigenvalue weighted by Crippen LogP contribution is 2.38. The Morgan fingerprint density at radius 2 is 1.89 bits per heavy atom. The van der Waals surface area contributed by atoms with Crippen molar-refractivity contribution in [1.29, 1.82) is 0 Å². The summed E-state index contributed by atoms with van der Waals surface area (Å²) in [5.74, 6) is 0.302. The summed E-state index contributed by atoms with van der Waals surface area (Å²) in [5.41, 5.74) is 0.273. The fourth-order valence-electron chi connectivity index (χ4n) is 1.25. The van der Waals surface area contributed by atoms with Crippen molar-refractivity contribution in [2.45, 2.75) is 38.9 Å². The van der Waals surface area contributed by atoms with Gasteiger partial charge in [-0.2, -0.15) is 0 Å². The second-order valence-electron chi connectivity index (χ2n) is 5.96. The molecule has 0 saturated carbocycles. The van der Waals surface area contributed by atoms with Crippen molar-refractivity contribution in [3.63, 3.8) is 0 Å². The van der Waals surface area contributed by atoms with Crippen molar-refractivity contribution < 1.29 is 14.1 Å². The van der Waals surface area contributed by atoms with Gasteiger partial charge in [-0.25, -0.2) is 0 Å². The van der Waals surface area contributed by atoms with Gasteiger partial charge in [0.2, 0.25) is 0 Å². The molecule has 6 heteroatoms. The smallest absolute Gasteiger partial charge is 0.273 e. The standard InChI is InChI=1S/C13H19NO4Si/c1-13(2,3)19(4,5)18-12-8-11(14(16)17)7-6-10(12)9-15/h6-9H,1-5H3. The molecule has 1 aromatic rings. The van der Waals surface area contributed by atoms with Gasteiger partial charge in [-0.05, 0) is 24.2 Å². The lowest BCUT2D eigenvalue weighted by molar-refractivity contribution is -0.384. The van der Waals surface area contributed by atoms with Crippen molar-refractivity contribution in [2.24, 2.45) is 0 Å². The van der Waals surface area contributed by atoms with Crippen molar-refractivity contribution in [3.8, 4) is 5.75 Å². The van der Waals surface area contributed by atoms with E-state index < -0.39 is 13.2 Å². The number of nitrogens with zero attached hydrogens (tertiary/aromatic N) is 1. The van der Waals surface area contributed by atoms with Crippen molar-refractivity contribution in [1.82, 2.24) is 0 Å². The molecule has 1 aromatic carbocycles. The van der Waals surface area contributed by atoms with E-state index in [1.54, 1.807) is 0 Å². The van der Waals surface area contributed by atoms with Crippen LogP contribution in [0.1, 0.15) is 31.1 Å². The molecule has 0 aromatic heterocycles. The minimum absolute atomic E-state index is 0.0439. The maximum Gasteiger partial charge on any atom is 0.273 e. The topological polar surface area (TPSA) is 69.4 Å². The largest absolute Gasteiger partial charge is 0.543 e. The predicted molar refractivity (Wildman–Crippen MR) is 76.3 cm³/mol. The fourth-order valence-corrected chi connectivity index (χ4v) is 2.28. The molecule has 5 nitrogen and oxygen atoms in total. The van der Waals surface area contributed by atoms with Crippen LogP contribution in [0.25, 0.3) is 0 Å². The summed E-state index contributed by atoms with van der Waals surface area (Å²) >= 11 is 0. The summed E-state index contributed by atoms with van der Waals surface area (Å²) in [6.07, 6.45) is 0.659. The van der Waals surface area contributed by atoms with Crippen molar-refractivity contribution in [3.05, 3.63) is 33.9 Å². The number of hydrogen-bond donors (Lipinski definition) is 0. The van der Waals surface area contributed by atoms with E-state index in [1.807, 2.05) is 13.1 Å². The molecule has 0 heterocycles. The zero-order chi connectivity index (χ0) is 14.8. The number of benzene rings is 1. The van der Waals surface area contributed by atoms with Gasteiger partial charge in [0.1, 0.15) is 5.75 Å². The van der Waals surface area contributed by atoms with Crippen LogP contribution in [-0.4, -0.2) is 19.5 Å². The van der Waals surface area contributed by atoms with E-state index in [0.717, 1.165) is 0 Å². The molecule has 0 bridgehead atoms. The monoisotopic (exact) mass is 281 g/mol. The van der Waals surface area contributed by atoms with Gasteiger partial charge in [-0.15, -0.1) is 0 Å². The maximum atomic E-state index is 11.0. The highest BCUT2D eigenvalue weighted by Gasteiger charge is 2.39. The molecule has 1 rings (SSSR count). The van der Waals surface area contributed by atoms with Crippen LogP contribution >= 0.6 is 0 Å². The second-order valence-corrected chi connectivity index (χ2v) is 10.7. The maximum absolute atomic E-state index is 11.0. The zero-order valence-corrected chi connectivity index (χ0v) is 12.9. The zero-order valence-electron chi connectivity index (χ0n) is 11.9. The molecule has 0 aliphatic rings. The number of rotatable bonds is 4. The highest BCUT2D eigenvalue weighted by atomic mass is 28.4. The van der Waals surface area contributed by atoms with Gasteiger partial charge in [0.15, 0.2) is 6.29 Å². The van der Waals surface area contributed by atoms with Crippen LogP contribution in [0.2, 0.25) is 18.1 Å². The molecule has 0 aliphatic carbocycles. The van der Waals surface area contributed by atoms with Gasteiger partial charge >= 0.3 is 0 Å². The van der Waals surface area contributed by atoms with Crippen molar-refractivity contribution >= 4 is 20.3 Å². The Balaban J connectivity index is 3.22. The van der Waals surface area contributed by atoms with Crippen LogP contribution in [-0.2, 0) is 0 Å². The van der Waals surface area contributed by atoms with Crippen LogP contribution < -0.4 is 4.43 Å². The summed E-state index contributed by atoms with van der Waals surface area (Å²) < 4.78 is 5.98. The first kappa shape index (κ1) is 15.4. The molecular formula is C13H19NO4Si. The quantitative estimate of drug-likeness (QED) is 0.364. The fraction of sp³-hybridized carbons (Fsp3) is 0.462. The Morgan fingerprint density at radius 3 is 2.32 bits per heavy atom. The van der Waals surface area contributed by atoms with Gasteiger partial charge < -0.3 is 4.43 Å². The molecule has 0 spiro atoms. The van der Waals surface area contributed by atoms with E-state index in [1.165, 1.54) is 18.2 Å². The highest BCUT2D eigenvalue weighted by molar-refractivity contribution is 6.74. The Labute approximate surface area is 113 Å². The van der Waals surface area contributed by atoms with E-state index in [2.05, 4.69) is 20.8 Å². The number of carbonyl (C=O) groups is 1. The molecule has 0 amide bonds. The third kappa shape index (κ3) is 3.41. The average molecular weight is 281 g/mol. The third-order valence-corrected chi connectivity index (χ3v) is 7.85. The molecule has 19 heavy (non-hydrogen) atoms. The van der Waals surface area contributed by atoms with Crippen LogP contribution in [0.3, 0.4) is 0 Å². The molecule has 104 valence electrons. The number of nitro groups is 1. The van der Waals surface area contributed by atoms with Crippen LogP contribution in [0, 0.1) is 10.1 Å². The SMILES string of the molecule is CC(C)(C)[Si](C)(C)Oc1cc([N+](=O)[O-])ccc1C=O. The second kappa shape index (κ2) is 5.12. The number of hydrogen-bond acceptors (Lipinski definition) is 4. The van der Waals surface area contributed by atoms with E-state index >= 15 is 0 Å². The average Bonchev–Trinajstić information content (AvgIpc) is 2.26. The summed E-state index contributed by atoms with van der Waals surface area (Å²) in [5, 5.41) is 10.7. The Morgan fingerprint density at radius 1 is 1.32 bits per heavy atom. The summed E-state index contributed by atoms with van der Waals surface area (Å²) in [7, 11) is -2.13. The first-order valence-electron chi connectivity index (χ1n) is 6.01. The minimum Gasteiger partial charge on any atom is -0.543 e. The molecular weight excluding hydrogens is 262 g/mol. The van der Waals surface area contributed by atoms with Crippen molar-refractivity contribution in [2.75, 3.05) is 0 Å². The van der Waals surface area contributed by atoms with Gasteiger partial charge in [0.25, 0.3) is 14.0 Å². The third-order valence-electron chi connectivity index (χ3n) is 3.51. The lowest BCUT2D eigenvalue weighted by atomic mass is 10.2. The number of aldehydes is 1. The Kier molecular flexibility index (Phi) is 4.14. The molecule has 0 aliphatic heterocycles. The summed E-state index contributed by atoms with van der Waals surface area (Å²) in [6.45, 7) is 10.3. The van der Waals surface area contributed by atoms with Crippen LogP contribution in [0.4, 0.5) is 5.69 Å². The van der Waals surface area contributed by atoms with Gasteiger partial charge in [0, 0.05) is 6.07 Å².